The molecular weight excluding hydrogens is 204 g/mol. The molecule has 16 heavy (non-hydrogen) atoms. The maximum atomic E-state index is 11.4. The standard InChI is InChI=1S/C12H16N2O2/c1-14(13)12(15)8-9-4-5-11-10(7-9)3-2-6-16-11/h4-5,7H,2-3,6,8,13H2,1H3. The van der Waals surface area contributed by atoms with Crippen LogP contribution in [-0.2, 0) is 17.6 Å². The number of benzene rings is 1. The lowest BCUT2D eigenvalue weighted by molar-refractivity contribution is -0.129. The fourth-order valence-corrected chi connectivity index (χ4v) is 1.82. The van der Waals surface area contributed by atoms with E-state index in [0.717, 1.165) is 35.8 Å². The van der Waals surface area contributed by atoms with Crippen LogP contribution in [0.5, 0.6) is 5.75 Å². The molecule has 1 aliphatic rings. The maximum Gasteiger partial charge on any atom is 0.240 e. The number of hydrogen-bond donors (Lipinski definition) is 1. The fourth-order valence-electron chi connectivity index (χ4n) is 1.82. The second-order valence-corrected chi connectivity index (χ2v) is 4.08. The maximum absolute atomic E-state index is 11.4. The average Bonchev–Trinajstić information content (AvgIpc) is 2.28. The lowest BCUT2D eigenvalue weighted by atomic mass is 10.0. The van der Waals surface area contributed by atoms with E-state index in [1.165, 1.54) is 5.56 Å². The largest absolute Gasteiger partial charge is 0.493 e. The molecule has 0 aromatic heterocycles. The number of nitrogens with zero attached hydrogens (tertiary/aromatic N) is 1. The molecule has 0 unspecified atom stereocenters. The van der Waals surface area contributed by atoms with Crippen molar-refractivity contribution in [1.82, 2.24) is 5.01 Å². The van der Waals surface area contributed by atoms with Gasteiger partial charge < -0.3 is 4.74 Å². The fraction of sp³-hybridized carbons (Fsp3) is 0.417. The van der Waals surface area contributed by atoms with Gasteiger partial charge in [-0.05, 0) is 30.0 Å². The molecule has 0 atom stereocenters. The number of aryl methyl sites for hydroxylation is 1. The van der Waals surface area contributed by atoms with Gasteiger partial charge in [0, 0.05) is 7.05 Å². The minimum absolute atomic E-state index is 0.0864. The summed E-state index contributed by atoms with van der Waals surface area (Å²) in [5, 5.41) is 1.12. The highest BCUT2D eigenvalue weighted by Gasteiger charge is 2.12. The van der Waals surface area contributed by atoms with E-state index in [9.17, 15) is 4.79 Å². The van der Waals surface area contributed by atoms with Gasteiger partial charge in [0.2, 0.25) is 5.91 Å². The Hall–Kier alpha value is -1.55. The third-order valence-corrected chi connectivity index (χ3v) is 2.72. The molecule has 1 heterocycles. The average molecular weight is 220 g/mol. The van der Waals surface area contributed by atoms with Crippen LogP contribution in [0, 0.1) is 0 Å². The third-order valence-electron chi connectivity index (χ3n) is 2.72. The molecule has 2 N–H and O–H groups in total. The third kappa shape index (κ3) is 2.33. The van der Waals surface area contributed by atoms with Gasteiger partial charge in [-0.25, -0.2) is 5.84 Å². The van der Waals surface area contributed by atoms with Crippen molar-refractivity contribution in [3.05, 3.63) is 29.3 Å². The van der Waals surface area contributed by atoms with E-state index in [2.05, 4.69) is 0 Å². The number of carbonyl (C=O) groups excluding carboxylic acids is 1. The second-order valence-electron chi connectivity index (χ2n) is 4.08. The first-order chi connectivity index (χ1) is 7.66. The van der Waals surface area contributed by atoms with Crippen molar-refractivity contribution < 1.29 is 9.53 Å². The molecule has 4 heteroatoms. The Labute approximate surface area is 95.0 Å². The predicted octanol–water partition coefficient (Wildman–Crippen LogP) is 0.886. The predicted molar refractivity (Wildman–Crippen MR) is 60.9 cm³/mol. The molecule has 0 bridgehead atoms. The van der Waals surface area contributed by atoms with Crippen LogP contribution in [-0.4, -0.2) is 24.6 Å². The van der Waals surface area contributed by atoms with Gasteiger partial charge in [0.25, 0.3) is 0 Å². The van der Waals surface area contributed by atoms with Crippen molar-refractivity contribution in [2.45, 2.75) is 19.3 Å². The molecule has 0 aliphatic carbocycles. The van der Waals surface area contributed by atoms with Gasteiger partial charge in [-0.1, -0.05) is 12.1 Å². The number of carbonyl (C=O) groups is 1. The van der Waals surface area contributed by atoms with Gasteiger partial charge >= 0.3 is 0 Å². The molecule has 0 fully saturated rings. The van der Waals surface area contributed by atoms with Crippen LogP contribution in [0.15, 0.2) is 18.2 Å². The van der Waals surface area contributed by atoms with Crippen LogP contribution in [0.3, 0.4) is 0 Å². The summed E-state index contributed by atoms with van der Waals surface area (Å²) in [5.74, 6) is 6.24. The van der Waals surface area contributed by atoms with Gasteiger partial charge in [0.15, 0.2) is 0 Å². The van der Waals surface area contributed by atoms with Gasteiger partial charge in [-0.15, -0.1) is 0 Å². The summed E-state index contributed by atoms with van der Waals surface area (Å²) in [5.41, 5.74) is 2.18. The van der Waals surface area contributed by atoms with Crippen molar-refractivity contribution in [2.75, 3.05) is 13.7 Å². The highest BCUT2D eigenvalue weighted by Crippen LogP contribution is 2.25. The topological polar surface area (TPSA) is 55.6 Å². The Balaban J connectivity index is 2.14. The van der Waals surface area contributed by atoms with Gasteiger partial charge in [0.1, 0.15) is 5.75 Å². The summed E-state index contributed by atoms with van der Waals surface area (Å²) >= 11 is 0. The minimum atomic E-state index is -0.0864. The van der Waals surface area contributed by atoms with Crippen LogP contribution in [0.4, 0.5) is 0 Å². The molecular formula is C12H16N2O2. The Morgan fingerprint density at radius 3 is 3.12 bits per heavy atom. The lowest BCUT2D eigenvalue weighted by Crippen LogP contribution is -2.34. The molecule has 0 spiro atoms. The zero-order valence-electron chi connectivity index (χ0n) is 9.40. The number of nitrogens with two attached hydrogens (primary N) is 1. The first-order valence-corrected chi connectivity index (χ1v) is 5.42. The summed E-state index contributed by atoms with van der Waals surface area (Å²) in [4.78, 5) is 11.4. The number of fused-ring (bicyclic) bond motifs is 1. The molecule has 0 radical (unpaired) electrons. The highest BCUT2D eigenvalue weighted by molar-refractivity contribution is 5.78. The summed E-state index contributed by atoms with van der Waals surface area (Å²) < 4.78 is 5.51. The molecule has 1 aromatic rings. The lowest BCUT2D eigenvalue weighted by Gasteiger charge is -2.18. The van der Waals surface area contributed by atoms with Crippen LogP contribution < -0.4 is 10.6 Å². The van der Waals surface area contributed by atoms with Crippen LogP contribution in [0.1, 0.15) is 17.5 Å². The zero-order valence-corrected chi connectivity index (χ0v) is 9.40. The van der Waals surface area contributed by atoms with Gasteiger partial charge in [-0.2, -0.15) is 0 Å². The summed E-state index contributed by atoms with van der Waals surface area (Å²) in [7, 11) is 1.56. The van der Waals surface area contributed by atoms with Crippen molar-refractivity contribution in [2.24, 2.45) is 5.84 Å². The summed E-state index contributed by atoms with van der Waals surface area (Å²) in [6.07, 6.45) is 2.41. The summed E-state index contributed by atoms with van der Waals surface area (Å²) in [6, 6.07) is 5.90. The SMILES string of the molecule is CN(N)C(=O)Cc1ccc2c(c1)CCCO2. The zero-order chi connectivity index (χ0) is 11.5. The number of ether oxygens (including phenoxy) is 1. The molecule has 1 aromatic carbocycles. The van der Waals surface area contributed by atoms with E-state index in [1.807, 2.05) is 18.2 Å². The van der Waals surface area contributed by atoms with E-state index in [1.54, 1.807) is 7.05 Å². The normalized spacial score (nSPS) is 13.9. The van der Waals surface area contributed by atoms with E-state index >= 15 is 0 Å². The molecule has 2 rings (SSSR count). The quantitative estimate of drug-likeness (QED) is 0.457. The van der Waals surface area contributed by atoms with Crippen molar-refractivity contribution in [3.63, 3.8) is 0 Å². The number of hydrazine groups is 1. The number of amides is 1. The Kier molecular flexibility index (Phi) is 3.10. The monoisotopic (exact) mass is 220 g/mol. The van der Waals surface area contributed by atoms with E-state index in [-0.39, 0.29) is 5.91 Å². The molecule has 1 aliphatic heterocycles. The number of rotatable bonds is 2. The van der Waals surface area contributed by atoms with Crippen LogP contribution in [0.2, 0.25) is 0 Å². The Morgan fingerprint density at radius 2 is 2.38 bits per heavy atom. The smallest absolute Gasteiger partial charge is 0.240 e. The van der Waals surface area contributed by atoms with Crippen molar-refractivity contribution >= 4 is 5.91 Å². The van der Waals surface area contributed by atoms with Crippen LogP contribution >= 0.6 is 0 Å². The van der Waals surface area contributed by atoms with Gasteiger partial charge in [0.05, 0.1) is 13.0 Å². The van der Waals surface area contributed by atoms with E-state index in [4.69, 9.17) is 10.6 Å². The first kappa shape index (κ1) is 11.0. The second kappa shape index (κ2) is 4.53. The Bertz CT molecular complexity index is 402. The molecule has 4 nitrogen and oxygen atoms in total. The van der Waals surface area contributed by atoms with E-state index < -0.39 is 0 Å². The molecule has 0 saturated carbocycles. The van der Waals surface area contributed by atoms with Gasteiger partial charge in [-0.3, -0.25) is 9.80 Å². The molecule has 86 valence electrons. The van der Waals surface area contributed by atoms with Crippen molar-refractivity contribution in [1.29, 1.82) is 0 Å². The number of hydrogen-bond acceptors (Lipinski definition) is 3. The minimum Gasteiger partial charge on any atom is -0.493 e. The molecule has 1 amide bonds. The first-order valence-electron chi connectivity index (χ1n) is 5.42. The molecule has 0 saturated heterocycles. The van der Waals surface area contributed by atoms with Crippen LogP contribution in [0.25, 0.3) is 0 Å². The van der Waals surface area contributed by atoms with Crippen molar-refractivity contribution in [3.8, 4) is 5.75 Å². The highest BCUT2D eigenvalue weighted by atomic mass is 16.5. The number of likely N-dealkylation sites (N-methyl/N-ethyl adjacent to an activating group) is 1. The Morgan fingerprint density at radius 1 is 1.56 bits per heavy atom. The summed E-state index contributed by atoms with van der Waals surface area (Å²) in [6.45, 7) is 0.789. The van der Waals surface area contributed by atoms with E-state index in [0.29, 0.717) is 6.42 Å².